The Hall–Kier alpha value is -3.46. The molecule has 124 valence electrons. The van der Waals surface area contributed by atoms with Crippen LogP contribution < -0.4 is 11.1 Å². The second-order valence-electron chi connectivity index (χ2n) is 5.23. The van der Waals surface area contributed by atoms with Gasteiger partial charge in [0.15, 0.2) is 0 Å². The molecule has 3 aromatic heterocycles. The predicted octanol–water partition coefficient (Wildman–Crippen LogP) is 2.00. The number of hydrogen-bond acceptors (Lipinski definition) is 6. The fourth-order valence-corrected chi connectivity index (χ4v) is 2.57. The maximum atomic E-state index is 12.6. The summed E-state index contributed by atoms with van der Waals surface area (Å²) < 4.78 is 1.57. The molecule has 0 aliphatic carbocycles. The molecule has 0 unspecified atom stereocenters. The number of tetrazole rings is 1. The molecule has 4 aromatic rings. The molecular weight excluding hydrogens is 344 g/mol. The molecule has 4 N–H and O–H groups in total. The number of carbonyl (C=O) groups excluding carboxylic acids is 1. The van der Waals surface area contributed by atoms with Crippen molar-refractivity contribution in [2.45, 2.75) is 0 Å². The van der Waals surface area contributed by atoms with E-state index in [9.17, 15) is 4.79 Å². The van der Waals surface area contributed by atoms with Crippen molar-refractivity contribution in [2.24, 2.45) is 0 Å². The number of nitrogens with one attached hydrogen (secondary N) is 2. The Bertz CT molecular complexity index is 1070. The molecule has 0 bridgehead atoms. The highest BCUT2D eigenvalue weighted by molar-refractivity contribution is 6.34. The summed E-state index contributed by atoms with van der Waals surface area (Å²) >= 11 is 6.19. The quantitative estimate of drug-likeness (QED) is 0.516. The number of hydrogen-bond donors (Lipinski definition) is 3. The standard InChI is InChI=1S/C15H11ClN8O/c16-11-2-1-8(14-20-22-23-21-14)5-12(11)19-15(25)10-7-18-24-4-3-9(17)6-13(10)24/h1-7H,17H2,(H,19,25)(H,20,21,22,23). The Morgan fingerprint density at radius 3 is 2.96 bits per heavy atom. The van der Waals surface area contributed by atoms with Crippen LogP contribution in [0.2, 0.25) is 5.02 Å². The summed E-state index contributed by atoms with van der Waals surface area (Å²) in [6.45, 7) is 0. The Kier molecular flexibility index (Phi) is 3.55. The summed E-state index contributed by atoms with van der Waals surface area (Å²) in [5.74, 6) is 0.0451. The third kappa shape index (κ3) is 2.76. The zero-order valence-electron chi connectivity index (χ0n) is 12.6. The van der Waals surface area contributed by atoms with Gasteiger partial charge in [-0.1, -0.05) is 11.6 Å². The molecule has 0 radical (unpaired) electrons. The molecule has 4 rings (SSSR count). The fourth-order valence-electron chi connectivity index (χ4n) is 2.41. The van der Waals surface area contributed by atoms with E-state index in [-0.39, 0.29) is 5.91 Å². The maximum absolute atomic E-state index is 12.6. The van der Waals surface area contributed by atoms with Crippen molar-refractivity contribution >= 4 is 34.4 Å². The highest BCUT2D eigenvalue weighted by atomic mass is 35.5. The van der Waals surface area contributed by atoms with Crippen molar-refractivity contribution in [2.75, 3.05) is 11.1 Å². The van der Waals surface area contributed by atoms with Gasteiger partial charge in [0.25, 0.3) is 5.91 Å². The molecule has 3 heterocycles. The monoisotopic (exact) mass is 354 g/mol. The van der Waals surface area contributed by atoms with Gasteiger partial charge in [0.1, 0.15) is 0 Å². The summed E-state index contributed by atoms with van der Waals surface area (Å²) in [4.78, 5) is 12.6. The molecule has 0 atom stereocenters. The van der Waals surface area contributed by atoms with Crippen molar-refractivity contribution in [1.29, 1.82) is 0 Å². The minimum atomic E-state index is -0.354. The topological polar surface area (TPSA) is 127 Å². The number of amides is 1. The molecule has 0 saturated heterocycles. The van der Waals surface area contributed by atoms with Crippen LogP contribution in [0.4, 0.5) is 11.4 Å². The van der Waals surface area contributed by atoms with Crippen LogP contribution in [0.15, 0.2) is 42.7 Å². The van der Waals surface area contributed by atoms with Gasteiger partial charge < -0.3 is 11.1 Å². The normalized spacial score (nSPS) is 10.9. The summed E-state index contributed by atoms with van der Waals surface area (Å²) in [5, 5.41) is 21.0. The summed E-state index contributed by atoms with van der Waals surface area (Å²) in [5.41, 5.74) is 8.40. The molecule has 0 aliphatic heterocycles. The first kappa shape index (κ1) is 15.1. The lowest BCUT2D eigenvalue weighted by atomic mass is 10.1. The lowest BCUT2D eigenvalue weighted by Gasteiger charge is -2.08. The Balaban J connectivity index is 1.68. The number of rotatable bonds is 3. The molecule has 1 aromatic carbocycles. The first-order valence-electron chi connectivity index (χ1n) is 7.19. The van der Waals surface area contributed by atoms with Gasteiger partial charge in [0.05, 0.1) is 28.0 Å². The van der Waals surface area contributed by atoms with Crippen LogP contribution in [-0.4, -0.2) is 36.1 Å². The van der Waals surface area contributed by atoms with Gasteiger partial charge in [-0.05, 0) is 35.5 Å². The molecule has 10 heteroatoms. The van der Waals surface area contributed by atoms with Crippen LogP contribution in [0.5, 0.6) is 0 Å². The van der Waals surface area contributed by atoms with Crippen LogP contribution in [0.25, 0.3) is 16.9 Å². The number of nitrogens with two attached hydrogens (primary N) is 1. The van der Waals surface area contributed by atoms with Crippen LogP contribution in [-0.2, 0) is 0 Å². The maximum Gasteiger partial charge on any atom is 0.259 e. The molecule has 0 fully saturated rings. The molecule has 0 saturated carbocycles. The van der Waals surface area contributed by atoms with Crippen molar-refractivity contribution < 1.29 is 4.79 Å². The number of nitrogen functional groups attached to an aromatic ring is 1. The van der Waals surface area contributed by atoms with Gasteiger partial charge in [-0.3, -0.25) is 4.79 Å². The number of carbonyl (C=O) groups is 1. The lowest BCUT2D eigenvalue weighted by Crippen LogP contribution is -2.12. The smallest absolute Gasteiger partial charge is 0.259 e. The second-order valence-corrected chi connectivity index (χ2v) is 5.64. The van der Waals surface area contributed by atoms with E-state index in [1.54, 1.807) is 41.0 Å². The summed E-state index contributed by atoms with van der Waals surface area (Å²) in [6.07, 6.45) is 3.16. The third-order valence-electron chi connectivity index (χ3n) is 3.61. The van der Waals surface area contributed by atoms with E-state index < -0.39 is 0 Å². The third-order valence-corrected chi connectivity index (χ3v) is 3.94. The van der Waals surface area contributed by atoms with Gasteiger partial charge in [-0.25, -0.2) is 4.52 Å². The van der Waals surface area contributed by atoms with Gasteiger partial charge in [-0.2, -0.15) is 10.3 Å². The van der Waals surface area contributed by atoms with E-state index in [1.807, 2.05) is 0 Å². The van der Waals surface area contributed by atoms with E-state index in [0.717, 1.165) is 0 Å². The van der Waals surface area contributed by atoms with Crippen LogP contribution in [0, 0.1) is 0 Å². The Labute approximate surface area is 145 Å². The zero-order chi connectivity index (χ0) is 17.4. The Morgan fingerprint density at radius 1 is 1.28 bits per heavy atom. The van der Waals surface area contributed by atoms with Gasteiger partial charge in [0.2, 0.25) is 5.82 Å². The molecule has 1 amide bonds. The first-order valence-corrected chi connectivity index (χ1v) is 7.57. The minimum Gasteiger partial charge on any atom is -0.399 e. The highest BCUT2D eigenvalue weighted by Crippen LogP contribution is 2.27. The van der Waals surface area contributed by atoms with Gasteiger partial charge >= 0.3 is 0 Å². The van der Waals surface area contributed by atoms with Crippen molar-refractivity contribution in [3.05, 3.63) is 53.3 Å². The fraction of sp³-hybridized carbons (Fsp3) is 0. The number of fused-ring (bicyclic) bond motifs is 1. The van der Waals surface area contributed by atoms with Crippen molar-refractivity contribution in [3.8, 4) is 11.4 Å². The van der Waals surface area contributed by atoms with Crippen molar-refractivity contribution in [1.82, 2.24) is 30.2 Å². The zero-order valence-corrected chi connectivity index (χ0v) is 13.4. The van der Waals surface area contributed by atoms with Crippen LogP contribution >= 0.6 is 11.6 Å². The number of H-pyrrole nitrogens is 1. The molecule has 9 nitrogen and oxygen atoms in total. The number of aromatic nitrogens is 6. The predicted molar refractivity (Wildman–Crippen MR) is 92.2 cm³/mol. The molecular formula is C15H11ClN8O. The number of aromatic amines is 1. The summed E-state index contributed by atoms with van der Waals surface area (Å²) in [6, 6.07) is 8.44. The van der Waals surface area contributed by atoms with E-state index in [1.165, 1.54) is 6.20 Å². The molecule has 0 aliphatic rings. The average Bonchev–Trinajstić information content (AvgIpc) is 3.26. The van der Waals surface area contributed by atoms with Crippen LogP contribution in [0.1, 0.15) is 10.4 Å². The number of anilines is 2. The van der Waals surface area contributed by atoms with Crippen molar-refractivity contribution in [3.63, 3.8) is 0 Å². The van der Waals surface area contributed by atoms with Gasteiger partial charge in [-0.15, -0.1) is 10.2 Å². The molecule has 0 spiro atoms. The molecule has 25 heavy (non-hydrogen) atoms. The average molecular weight is 355 g/mol. The lowest BCUT2D eigenvalue weighted by molar-refractivity contribution is 0.102. The van der Waals surface area contributed by atoms with E-state index >= 15 is 0 Å². The first-order chi connectivity index (χ1) is 12.1. The van der Waals surface area contributed by atoms with Gasteiger partial charge in [0, 0.05) is 17.4 Å². The highest BCUT2D eigenvalue weighted by Gasteiger charge is 2.15. The second kappa shape index (κ2) is 5.87. The van der Waals surface area contributed by atoms with E-state index in [0.29, 0.717) is 38.9 Å². The van der Waals surface area contributed by atoms with E-state index in [2.05, 4.69) is 31.0 Å². The number of pyridine rings is 1. The number of benzene rings is 1. The van der Waals surface area contributed by atoms with Crippen LogP contribution in [0.3, 0.4) is 0 Å². The minimum absolute atomic E-state index is 0.354. The Morgan fingerprint density at radius 2 is 2.16 bits per heavy atom. The number of halogens is 1. The SMILES string of the molecule is Nc1ccn2ncc(C(=O)Nc3cc(-c4nn[nH]n4)ccc3Cl)c2c1. The summed E-state index contributed by atoms with van der Waals surface area (Å²) in [7, 11) is 0. The number of nitrogens with zero attached hydrogens (tertiary/aromatic N) is 5. The largest absolute Gasteiger partial charge is 0.399 e. The van der Waals surface area contributed by atoms with E-state index in [4.69, 9.17) is 17.3 Å².